The van der Waals surface area contributed by atoms with Crippen LogP contribution in [0.2, 0.25) is 0 Å². The molecule has 3 N–H and O–H groups in total. The first-order valence-electron chi connectivity index (χ1n) is 6.08. The van der Waals surface area contributed by atoms with Crippen LogP contribution in [0.4, 0.5) is 0 Å². The third-order valence-corrected chi connectivity index (χ3v) is 4.59. The second-order valence-corrected chi connectivity index (χ2v) is 6.27. The van der Waals surface area contributed by atoms with E-state index in [1.807, 2.05) is 19.4 Å². The molecule has 0 aliphatic carbocycles. The normalized spacial score (nSPS) is 14.2. The van der Waals surface area contributed by atoms with E-state index in [0.29, 0.717) is 6.42 Å². The van der Waals surface area contributed by atoms with E-state index in [-0.39, 0.29) is 11.9 Å². The van der Waals surface area contributed by atoms with Gasteiger partial charge in [0.1, 0.15) is 5.01 Å². The molecule has 4 nitrogen and oxygen atoms in total. The fraction of sp³-hybridized carbons (Fsp3) is 0.667. The van der Waals surface area contributed by atoms with Crippen molar-refractivity contribution in [2.75, 3.05) is 12.0 Å². The number of hydrogen-bond acceptors (Lipinski definition) is 5. The van der Waals surface area contributed by atoms with Gasteiger partial charge in [0.15, 0.2) is 0 Å². The summed E-state index contributed by atoms with van der Waals surface area (Å²) in [4.78, 5) is 17.4. The lowest BCUT2D eigenvalue weighted by atomic mass is 10.2. The number of nitrogens with zero attached hydrogens (tertiary/aromatic N) is 1. The molecule has 0 saturated carbocycles. The van der Waals surface area contributed by atoms with Crippen molar-refractivity contribution in [3.05, 3.63) is 16.1 Å². The second kappa shape index (κ2) is 7.76. The molecule has 0 bridgehead atoms. The number of hydrogen-bond donors (Lipinski definition) is 2. The predicted octanol–water partition coefficient (Wildman–Crippen LogP) is 1.96. The number of carbonyl (C=O) groups is 1. The van der Waals surface area contributed by atoms with Crippen molar-refractivity contribution in [2.45, 2.75) is 38.8 Å². The van der Waals surface area contributed by atoms with Gasteiger partial charge in [-0.1, -0.05) is 6.92 Å². The van der Waals surface area contributed by atoms with Crippen molar-refractivity contribution in [1.29, 1.82) is 0 Å². The van der Waals surface area contributed by atoms with E-state index in [2.05, 4.69) is 17.2 Å². The average Bonchev–Trinajstić information content (AvgIpc) is 2.84. The molecule has 1 rings (SSSR count). The van der Waals surface area contributed by atoms with Crippen LogP contribution in [0.1, 0.15) is 36.2 Å². The van der Waals surface area contributed by atoms with Gasteiger partial charge in [-0.2, -0.15) is 11.8 Å². The zero-order valence-electron chi connectivity index (χ0n) is 11.1. The maximum Gasteiger partial charge on any atom is 0.237 e. The Morgan fingerprint density at radius 2 is 2.39 bits per heavy atom. The maximum absolute atomic E-state index is 11.8. The molecular formula is C12H21N3OS2. The smallest absolute Gasteiger partial charge is 0.237 e. The van der Waals surface area contributed by atoms with Crippen LogP contribution in [0.15, 0.2) is 6.20 Å². The summed E-state index contributed by atoms with van der Waals surface area (Å²) in [6.07, 6.45) is 5.56. The number of rotatable bonds is 7. The Morgan fingerprint density at radius 1 is 1.67 bits per heavy atom. The van der Waals surface area contributed by atoms with Crippen molar-refractivity contribution in [2.24, 2.45) is 5.73 Å². The van der Waals surface area contributed by atoms with Gasteiger partial charge in [-0.05, 0) is 31.8 Å². The van der Waals surface area contributed by atoms with Crippen molar-refractivity contribution in [3.8, 4) is 0 Å². The van der Waals surface area contributed by atoms with Gasteiger partial charge in [-0.3, -0.25) is 4.79 Å². The first-order chi connectivity index (χ1) is 8.58. The van der Waals surface area contributed by atoms with Gasteiger partial charge >= 0.3 is 0 Å². The van der Waals surface area contributed by atoms with Gasteiger partial charge in [-0.15, -0.1) is 11.3 Å². The Labute approximate surface area is 117 Å². The van der Waals surface area contributed by atoms with Gasteiger partial charge in [0.25, 0.3) is 0 Å². The standard InChI is InChI=1S/C12H21N3OS2/c1-4-9-7-14-12(18-9)8(2)15-11(16)10(13)5-6-17-3/h7-8,10H,4-6,13H2,1-3H3,(H,15,16)/t8?,10-/m1/s1. The lowest BCUT2D eigenvalue weighted by molar-refractivity contribution is -0.123. The van der Waals surface area contributed by atoms with E-state index < -0.39 is 6.04 Å². The van der Waals surface area contributed by atoms with Crippen molar-refractivity contribution < 1.29 is 4.79 Å². The number of thioether (sulfide) groups is 1. The minimum Gasteiger partial charge on any atom is -0.346 e. The summed E-state index contributed by atoms with van der Waals surface area (Å²) in [5.41, 5.74) is 5.82. The first-order valence-corrected chi connectivity index (χ1v) is 8.29. The lowest BCUT2D eigenvalue weighted by Crippen LogP contribution is -2.41. The molecule has 6 heteroatoms. The molecular weight excluding hydrogens is 266 g/mol. The third kappa shape index (κ3) is 4.59. The molecule has 1 aromatic rings. The number of nitrogens with one attached hydrogen (secondary N) is 1. The summed E-state index contributed by atoms with van der Waals surface area (Å²) >= 11 is 3.34. The number of amides is 1. The number of aromatic nitrogens is 1. The minimum atomic E-state index is -0.425. The highest BCUT2D eigenvalue weighted by Gasteiger charge is 2.17. The highest BCUT2D eigenvalue weighted by atomic mass is 32.2. The lowest BCUT2D eigenvalue weighted by Gasteiger charge is -2.15. The van der Waals surface area contributed by atoms with Gasteiger partial charge in [0.2, 0.25) is 5.91 Å². The molecule has 0 saturated heterocycles. The third-order valence-electron chi connectivity index (χ3n) is 2.62. The van der Waals surface area contributed by atoms with Crippen molar-refractivity contribution in [1.82, 2.24) is 10.3 Å². The number of aryl methyl sites for hydroxylation is 1. The van der Waals surface area contributed by atoms with E-state index in [0.717, 1.165) is 17.2 Å². The highest BCUT2D eigenvalue weighted by Crippen LogP contribution is 2.20. The predicted molar refractivity (Wildman–Crippen MR) is 79.0 cm³/mol. The van der Waals surface area contributed by atoms with Gasteiger partial charge < -0.3 is 11.1 Å². The summed E-state index contributed by atoms with van der Waals surface area (Å²) in [6.45, 7) is 4.04. The second-order valence-electron chi connectivity index (χ2n) is 4.14. The summed E-state index contributed by atoms with van der Waals surface area (Å²) in [6, 6.07) is -0.492. The van der Waals surface area contributed by atoms with E-state index >= 15 is 0 Å². The van der Waals surface area contributed by atoms with Crippen molar-refractivity contribution in [3.63, 3.8) is 0 Å². The molecule has 0 aromatic carbocycles. The molecule has 0 spiro atoms. The zero-order chi connectivity index (χ0) is 13.5. The molecule has 18 heavy (non-hydrogen) atoms. The van der Waals surface area contributed by atoms with E-state index in [4.69, 9.17) is 5.73 Å². The molecule has 0 radical (unpaired) electrons. The number of nitrogens with two attached hydrogens (primary N) is 1. The van der Waals surface area contributed by atoms with Crippen LogP contribution in [-0.4, -0.2) is 28.9 Å². The highest BCUT2D eigenvalue weighted by molar-refractivity contribution is 7.98. The maximum atomic E-state index is 11.8. The van der Waals surface area contributed by atoms with Crippen LogP contribution in [0, 0.1) is 0 Å². The quantitative estimate of drug-likeness (QED) is 0.804. The summed E-state index contributed by atoms with van der Waals surface area (Å²) < 4.78 is 0. The van der Waals surface area contributed by atoms with Crippen LogP contribution in [0.5, 0.6) is 0 Å². The Bertz CT molecular complexity index is 381. The summed E-state index contributed by atoms with van der Waals surface area (Å²) in [5, 5.41) is 3.86. The monoisotopic (exact) mass is 287 g/mol. The molecule has 102 valence electrons. The number of thiazole rings is 1. The van der Waals surface area contributed by atoms with E-state index in [9.17, 15) is 4.79 Å². The molecule has 2 atom stereocenters. The van der Waals surface area contributed by atoms with Gasteiger partial charge in [0, 0.05) is 11.1 Å². The van der Waals surface area contributed by atoms with Crippen LogP contribution < -0.4 is 11.1 Å². The topological polar surface area (TPSA) is 68.0 Å². The molecule has 1 heterocycles. The van der Waals surface area contributed by atoms with Crippen LogP contribution in [-0.2, 0) is 11.2 Å². The van der Waals surface area contributed by atoms with Gasteiger partial charge in [0.05, 0.1) is 12.1 Å². The molecule has 0 fully saturated rings. The van der Waals surface area contributed by atoms with E-state index in [1.165, 1.54) is 4.88 Å². The first kappa shape index (κ1) is 15.5. The number of carbonyl (C=O) groups excluding carboxylic acids is 1. The fourth-order valence-corrected chi connectivity index (χ4v) is 2.79. The van der Waals surface area contributed by atoms with Crippen LogP contribution in [0.3, 0.4) is 0 Å². The van der Waals surface area contributed by atoms with E-state index in [1.54, 1.807) is 23.1 Å². The fourth-order valence-electron chi connectivity index (χ4n) is 1.44. The largest absolute Gasteiger partial charge is 0.346 e. The average molecular weight is 287 g/mol. The van der Waals surface area contributed by atoms with Crippen LogP contribution in [0.25, 0.3) is 0 Å². The molecule has 0 aliphatic heterocycles. The minimum absolute atomic E-state index is 0.0665. The zero-order valence-corrected chi connectivity index (χ0v) is 12.7. The summed E-state index contributed by atoms with van der Waals surface area (Å²) in [7, 11) is 0. The Balaban J connectivity index is 2.48. The molecule has 1 amide bonds. The Hall–Kier alpha value is -0.590. The Kier molecular flexibility index (Phi) is 6.67. The van der Waals surface area contributed by atoms with Crippen LogP contribution >= 0.6 is 23.1 Å². The van der Waals surface area contributed by atoms with Gasteiger partial charge in [-0.25, -0.2) is 4.98 Å². The molecule has 1 aromatic heterocycles. The Morgan fingerprint density at radius 3 is 2.94 bits per heavy atom. The molecule has 0 aliphatic rings. The van der Waals surface area contributed by atoms with Crippen molar-refractivity contribution >= 4 is 29.0 Å². The molecule has 1 unspecified atom stereocenters. The SMILES string of the molecule is CCc1cnc(C(C)NC(=O)[C@H](N)CCSC)s1. The summed E-state index contributed by atoms with van der Waals surface area (Å²) in [5.74, 6) is 0.810.